The predicted octanol–water partition coefficient (Wildman–Crippen LogP) is 3.69. The van der Waals surface area contributed by atoms with E-state index in [-0.39, 0.29) is 5.92 Å². The van der Waals surface area contributed by atoms with Crippen molar-refractivity contribution >= 4 is 22.2 Å². The minimum absolute atomic E-state index is 0.183. The monoisotopic (exact) mass is 312 g/mol. The van der Waals surface area contributed by atoms with Crippen molar-refractivity contribution in [3.63, 3.8) is 0 Å². The molecule has 1 aliphatic carbocycles. The molecule has 3 nitrogen and oxygen atoms in total. The third-order valence-corrected chi connectivity index (χ3v) is 3.67. The molecular formula is C14H17BrO3. The van der Waals surface area contributed by atoms with Crippen molar-refractivity contribution in [1.82, 2.24) is 0 Å². The van der Waals surface area contributed by atoms with E-state index in [1.54, 1.807) is 7.11 Å². The molecule has 0 radical (unpaired) electrons. The van der Waals surface area contributed by atoms with Crippen LogP contribution in [0.4, 0.5) is 0 Å². The van der Waals surface area contributed by atoms with Crippen molar-refractivity contribution < 1.29 is 14.3 Å². The Balaban J connectivity index is 2.28. The van der Waals surface area contributed by atoms with Crippen LogP contribution in [0.3, 0.4) is 0 Å². The highest BCUT2D eigenvalue weighted by molar-refractivity contribution is 9.10. The zero-order valence-electron chi connectivity index (χ0n) is 10.6. The molecule has 0 amide bonds. The van der Waals surface area contributed by atoms with Gasteiger partial charge in [0.2, 0.25) is 0 Å². The molecule has 18 heavy (non-hydrogen) atoms. The van der Waals surface area contributed by atoms with Gasteiger partial charge in [0, 0.05) is 6.42 Å². The number of ether oxygens (including phenoxy) is 2. The summed E-state index contributed by atoms with van der Waals surface area (Å²) in [6.07, 6.45) is 4.00. The average molecular weight is 313 g/mol. The van der Waals surface area contributed by atoms with Crippen LogP contribution < -0.4 is 9.47 Å². The number of carbonyl (C=O) groups is 1. The normalized spacial score (nSPS) is 16.2. The Morgan fingerprint density at radius 1 is 1.50 bits per heavy atom. The maximum Gasteiger partial charge on any atom is 0.175 e. The van der Waals surface area contributed by atoms with E-state index in [0.717, 1.165) is 40.7 Å². The lowest BCUT2D eigenvalue weighted by atomic mass is 9.98. The van der Waals surface area contributed by atoms with Crippen LogP contribution >= 0.6 is 15.9 Å². The lowest BCUT2D eigenvalue weighted by Crippen LogP contribution is -2.02. The average Bonchev–Trinajstić information content (AvgIpc) is 3.15. The summed E-state index contributed by atoms with van der Waals surface area (Å²) in [5.74, 6) is 1.67. The lowest BCUT2D eigenvalue weighted by Gasteiger charge is -2.16. The number of aldehydes is 1. The number of benzene rings is 1. The third kappa shape index (κ3) is 3.05. The number of carbonyl (C=O) groups excluding carboxylic acids is 1. The van der Waals surface area contributed by atoms with Crippen molar-refractivity contribution in [2.45, 2.75) is 38.2 Å². The fourth-order valence-corrected chi connectivity index (χ4v) is 2.32. The van der Waals surface area contributed by atoms with Gasteiger partial charge in [-0.25, -0.2) is 0 Å². The van der Waals surface area contributed by atoms with E-state index in [0.29, 0.717) is 12.5 Å². The zero-order valence-corrected chi connectivity index (χ0v) is 12.2. The highest BCUT2D eigenvalue weighted by atomic mass is 79.9. The van der Waals surface area contributed by atoms with Crippen LogP contribution in [-0.4, -0.2) is 19.5 Å². The van der Waals surface area contributed by atoms with Gasteiger partial charge < -0.3 is 14.3 Å². The molecule has 98 valence electrons. The van der Waals surface area contributed by atoms with Crippen LogP contribution in [0.2, 0.25) is 0 Å². The fraction of sp³-hybridized carbons (Fsp3) is 0.500. The van der Waals surface area contributed by atoms with Crippen LogP contribution in [0, 0.1) is 0 Å². The van der Waals surface area contributed by atoms with Crippen LogP contribution in [-0.2, 0) is 4.79 Å². The van der Waals surface area contributed by atoms with Crippen molar-refractivity contribution in [1.29, 1.82) is 0 Å². The van der Waals surface area contributed by atoms with Crippen LogP contribution in [0.25, 0.3) is 0 Å². The molecule has 0 aliphatic heterocycles. The summed E-state index contributed by atoms with van der Waals surface area (Å²) in [5.41, 5.74) is 1.08. The SMILES string of the molecule is COc1cc(C(C)CC=O)cc(Br)c1OC1CC1. The topological polar surface area (TPSA) is 35.5 Å². The molecule has 0 aromatic heterocycles. The highest BCUT2D eigenvalue weighted by Gasteiger charge is 2.26. The van der Waals surface area contributed by atoms with Crippen molar-refractivity contribution in [2.75, 3.05) is 7.11 Å². The van der Waals surface area contributed by atoms with Gasteiger partial charge in [0.15, 0.2) is 11.5 Å². The molecule has 1 aliphatic rings. The molecule has 1 atom stereocenters. The summed E-state index contributed by atoms with van der Waals surface area (Å²) in [6, 6.07) is 3.96. The van der Waals surface area contributed by atoms with Gasteiger partial charge in [-0.1, -0.05) is 6.92 Å². The number of hydrogen-bond donors (Lipinski definition) is 0. The molecule has 1 aromatic carbocycles. The Kier molecular flexibility index (Phi) is 4.27. The largest absolute Gasteiger partial charge is 0.493 e. The number of hydrogen-bond acceptors (Lipinski definition) is 3. The van der Waals surface area contributed by atoms with E-state index >= 15 is 0 Å². The van der Waals surface area contributed by atoms with Gasteiger partial charge in [-0.3, -0.25) is 0 Å². The Morgan fingerprint density at radius 3 is 2.78 bits per heavy atom. The van der Waals surface area contributed by atoms with Crippen molar-refractivity contribution in [3.05, 3.63) is 22.2 Å². The molecule has 0 saturated heterocycles. The molecule has 0 N–H and O–H groups in total. The molecule has 4 heteroatoms. The Hall–Kier alpha value is -1.03. The summed E-state index contributed by atoms with van der Waals surface area (Å²) in [6.45, 7) is 2.02. The minimum Gasteiger partial charge on any atom is -0.493 e. The lowest BCUT2D eigenvalue weighted by molar-refractivity contribution is -0.108. The third-order valence-electron chi connectivity index (χ3n) is 3.08. The highest BCUT2D eigenvalue weighted by Crippen LogP contribution is 2.41. The molecular weight excluding hydrogens is 296 g/mol. The van der Waals surface area contributed by atoms with Gasteiger partial charge in [-0.2, -0.15) is 0 Å². The summed E-state index contributed by atoms with van der Waals surface area (Å²) in [5, 5.41) is 0. The van der Waals surface area contributed by atoms with Gasteiger partial charge in [0.25, 0.3) is 0 Å². The van der Waals surface area contributed by atoms with Gasteiger partial charge in [-0.05, 0) is 52.4 Å². The summed E-state index contributed by atoms with van der Waals surface area (Å²) in [7, 11) is 1.63. The van der Waals surface area contributed by atoms with Gasteiger partial charge in [0.05, 0.1) is 17.7 Å². The maximum atomic E-state index is 10.6. The fourth-order valence-electron chi connectivity index (χ4n) is 1.77. The second-order valence-corrected chi connectivity index (χ2v) is 5.51. The second-order valence-electron chi connectivity index (χ2n) is 4.65. The summed E-state index contributed by atoms with van der Waals surface area (Å²) >= 11 is 3.52. The van der Waals surface area contributed by atoms with Gasteiger partial charge >= 0.3 is 0 Å². The molecule has 1 unspecified atom stereocenters. The first-order chi connectivity index (χ1) is 8.65. The standard InChI is InChI=1S/C14H17BrO3/c1-9(5-6-16)10-7-12(15)14(13(8-10)17-2)18-11-3-4-11/h6-9,11H,3-5H2,1-2H3. The first-order valence-electron chi connectivity index (χ1n) is 6.13. The van der Waals surface area contributed by atoms with Crippen LogP contribution in [0.15, 0.2) is 16.6 Å². The summed E-state index contributed by atoms with van der Waals surface area (Å²) in [4.78, 5) is 10.6. The van der Waals surface area contributed by atoms with Gasteiger partial charge in [-0.15, -0.1) is 0 Å². The molecule has 1 fully saturated rings. The van der Waals surface area contributed by atoms with Gasteiger partial charge in [0.1, 0.15) is 6.29 Å². The Bertz CT molecular complexity index is 441. The molecule has 1 saturated carbocycles. The predicted molar refractivity (Wildman–Crippen MR) is 73.4 cm³/mol. The first kappa shape index (κ1) is 13.4. The molecule has 0 heterocycles. The minimum atomic E-state index is 0.183. The molecule has 0 spiro atoms. The molecule has 2 rings (SSSR count). The Morgan fingerprint density at radius 2 is 2.22 bits per heavy atom. The maximum absolute atomic E-state index is 10.6. The van der Waals surface area contributed by atoms with Crippen LogP contribution in [0.1, 0.15) is 37.7 Å². The molecule has 1 aromatic rings. The van der Waals surface area contributed by atoms with E-state index in [4.69, 9.17) is 9.47 Å². The smallest absolute Gasteiger partial charge is 0.175 e. The zero-order chi connectivity index (χ0) is 13.1. The van der Waals surface area contributed by atoms with E-state index < -0.39 is 0 Å². The Labute approximate surface area is 116 Å². The number of rotatable bonds is 6. The van der Waals surface area contributed by atoms with Crippen molar-refractivity contribution in [3.8, 4) is 11.5 Å². The molecule has 0 bridgehead atoms. The van der Waals surface area contributed by atoms with Crippen LogP contribution in [0.5, 0.6) is 11.5 Å². The quantitative estimate of drug-likeness (QED) is 0.751. The first-order valence-corrected chi connectivity index (χ1v) is 6.92. The number of methoxy groups -OCH3 is 1. The van der Waals surface area contributed by atoms with E-state index in [9.17, 15) is 4.79 Å². The van der Waals surface area contributed by atoms with E-state index in [1.807, 2.05) is 19.1 Å². The van der Waals surface area contributed by atoms with E-state index in [2.05, 4.69) is 15.9 Å². The van der Waals surface area contributed by atoms with E-state index in [1.165, 1.54) is 0 Å². The second kappa shape index (κ2) is 5.74. The number of halogens is 1. The van der Waals surface area contributed by atoms with Crippen molar-refractivity contribution in [2.24, 2.45) is 0 Å². The summed E-state index contributed by atoms with van der Waals surface area (Å²) < 4.78 is 12.1.